The molecule has 0 atom stereocenters. The predicted molar refractivity (Wildman–Crippen MR) is 320 cm³/mol. The van der Waals surface area contributed by atoms with Crippen molar-refractivity contribution in [1.82, 2.24) is 14.5 Å². The average Bonchev–Trinajstić information content (AvgIpc) is 4.03. The van der Waals surface area contributed by atoms with Gasteiger partial charge >= 0.3 is 0 Å². The second-order valence-electron chi connectivity index (χ2n) is 24.0. The van der Waals surface area contributed by atoms with E-state index in [0.717, 1.165) is 89.2 Å². The zero-order valence-corrected chi connectivity index (χ0v) is 45.7. The van der Waals surface area contributed by atoms with Crippen molar-refractivity contribution < 1.29 is 7.85 Å². The molecule has 0 amide bonds. The van der Waals surface area contributed by atoms with Crippen molar-refractivity contribution in [3.8, 4) is 78.6 Å². The van der Waals surface area contributed by atoms with E-state index >= 15 is 0 Å². The Hall–Kier alpha value is -7.82. The molecule has 1 aliphatic carbocycles. The first-order valence-corrected chi connectivity index (χ1v) is 27.1. The van der Waals surface area contributed by atoms with Crippen LogP contribution in [0.25, 0.3) is 83.9 Å². The molecular formula is C72H71N3O. The van der Waals surface area contributed by atoms with Crippen LogP contribution in [0.15, 0.2) is 200 Å². The van der Waals surface area contributed by atoms with E-state index in [-0.39, 0.29) is 22.0 Å². The van der Waals surface area contributed by atoms with E-state index in [1.807, 2.05) is 42.6 Å². The van der Waals surface area contributed by atoms with Gasteiger partial charge in [-0.25, -0.2) is 4.98 Å². The Labute approximate surface area is 454 Å². The van der Waals surface area contributed by atoms with Gasteiger partial charge in [0, 0.05) is 31.2 Å². The molecule has 1 N–H and O–H groups in total. The van der Waals surface area contributed by atoms with Crippen LogP contribution in [0.1, 0.15) is 130 Å². The van der Waals surface area contributed by atoms with E-state index in [1.54, 1.807) is 0 Å². The zero-order chi connectivity index (χ0) is 54.8. The number of rotatable bonds is 9. The lowest BCUT2D eigenvalue weighted by molar-refractivity contribution is 0.396. The number of para-hydroxylation sites is 1. The minimum Gasteiger partial charge on any atom is -0.507 e. The monoisotopic (exact) mass is 996 g/mol. The average molecular weight is 996 g/mol. The molecule has 0 radical (unpaired) electrons. The largest absolute Gasteiger partial charge is 0.507 e. The number of benzene rings is 8. The molecule has 0 aliphatic heterocycles. The van der Waals surface area contributed by atoms with Gasteiger partial charge in [-0.2, -0.15) is 0 Å². The second-order valence-corrected chi connectivity index (χ2v) is 24.0. The maximum Gasteiger partial charge on any atom is 0.149 e. The van der Waals surface area contributed by atoms with Crippen molar-refractivity contribution in [3.05, 3.63) is 228 Å². The first-order valence-electron chi connectivity index (χ1n) is 28.1. The molecule has 1 saturated carbocycles. The van der Waals surface area contributed by atoms with Crippen molar-refractivity contribution in [1.29, 1.82) is 0 Å². The van der Waals surface area contributed by atoms with Crippen LogP contribution in [0, 0.1) is 0 Å². The number of fused-ring (bicyclic) bond motifs is 1. The summed E-state index contributed by atoms with van der Waals surface area (Å²) in [5, 5.41) is 12.8. The number of nitrogens with zero attached hydrogens (tertiary/aromatic N) is 3. The summed E-state index contributed by atoms with van der Waals surface area (Å²) in [7, 11) is 0. The van der Waals surface area contributed by atoms with E-state index in [4.69, 9.17) is 9.97 Å². The fourth-order valence-corrected chi connectivity index (χ4v) is 11.0. The van der Waals surface area contributed by atoms with Gasteiger partial charge in [-0.15, -0.1) is 0 Å². The molecule has 76 heavy (non-hydrogen) atoms. The summed E-state index contributed by atoms with van der Waals surface area (Å²) in [5.41, 5.74) is 18.3. The Morgan fingerprint density at radius 3 is 1.59 bits per heavy atom. The van der Waals surface area contributed by atoms with Crippen molar-refractivity contribution in [2.24, 2.45) is 0 Å². The molecule has 2 heterocycles. The molecule has 0 saturated heterocycles. The molecule has 1 aliphatic rings. The van der Waals surface area contributed by atoms with Crippen molar-refractivity contribution in [2.75, 3.05) is 0 Å². The molecule has 10 aromatic rings. The number of aromatic hydroxyl groups is 1. The van der Waals surface area contributed by atoms with Crippen LogP contribution in [-0.2, 0) is 16.2 Å². The smallest absolute Gasteiger partial charge is 0.149 e. The third kappa shape index (κ3) is 10.1. The summed E-state index contributed by atoms with van der Waals surface area (Å²) in [4.78, 5) is 10.8. The van der Waals surface area contributed by atoms with Gasteiger partial charge < -0.3 is 5.11 Å². The molecule has 8 aromatic carbocycles. The molecule has 0 bridgehead atoms. The summed E-state index contributed by atoms with van der Waals surface area (Å²) < 4.78 is 21.1. The van der Waals surface area contributed by atoms with E-state index in [1.165, 1.54) is 11.1 Å². The topological polar surface area (TPSA) is 50.9 Å². The third-order valence-corrected chi connectivity index (χ3v) is 15.6. The van der Waals surface area contributed by atoms with Crippen LogP contribution in [0.5, 0.6) is 5.75 Å². The van der Waals surface area contributed by atoms with Gasteiger partial charge in [-0.3, -0.25) is 9.55 Å². The molecule has 2 aromatic heterocycles. The van der Waals surface area contributed by atoms with Gasteiger partial charge in [0.25, 0.3) is 0 Å². The molecule has 1 fully saturated rings. The van der Waals surface area contributed by atoms with Crippen LogP contribution >= 0.6 is 0 Å². The van der Waals surface area contributed by atoms with Crippen molar-refractivity contribution >= 4 is 11.0 Å². The highest BCUT2D eigenvalue weighted by Gasteiger charge is 2.29. The molecule has 4 nitrogen and oxygen atoms in total. The van der Waals surface area contributed by atoms with Gasteiger partial charge in [0.1, 0.15) is 11.6 Å². The Morgan fingerprint density at radius 1 is 0.434 bits per heavy atom. The summed E-state index contributed by atoms with van der Waals surface area (Å²) >= 11 is 0. The van der Waals surface area contributed by atoms with Crippen LogP contribution < -0.4 is 0 Å². The predicted octanol–water partition coefficient (Wildman–Crippen LogP) is 19.5. The van der Waals surface area contributed by atoms with Gasteiger partial charge in [0.05, 0.1) is 28.0 Å². The normalized spacial score (nSPS) is 17.6. The van der Waals surface area contributed by atoms with Crippen molar-refractivity contribution in [2.45, 2.75) is 116 Å². The van der Waals surface area contributed by atoms with Crippen LogP contribution in [0.2, 0.25) is 0 Å². The molecule has 0 spiro atoms. The Kier molecular flexibility index (Phi) is 12.6. The number of pyridine rings is 1. The minimum absolute atomic E-state index is 0.102. The highest BCUT2D eigenvalue weighted by molar-refractivity contribution is 5.98. The minimum atomic E-state index is -0.729. The van der Waals surface area contributed by atoms with Gasteiger partial charge in [0.15, 0.2) is 0 Å². The van der Waals surface area contributed by atoms with Crippen LogP contribution in [0.4, 0.5) is 0 Å². The number of imidazole rings is 1. The maximum atomic E-state index is 12.8. The SMILES string of the molecule is [2H]C1(c2ccccc2)CCC([2H])(c2ccc(-c3ccnc(-c4cc(-c5cccc6c5nc(-c5cc(C(C)(C)C)cc(-c7ccccc7)c5O)n6-c5ccc(C(C)(C)C)cc5-c5ccccc5)cc(C(C)(C)C)c4)c3)cc2)CC1. The lowest BCUT2D eigenvalue weighted by atomic mass is 9.76. The Bertz CT molecular complexity index is 3810. The number of aromatic nitrogens is 3. The highest BCUT2D eigenvalue weighted by Crippen LogP contribution is 2.47. The Morgan fingerprint density at radius 2 is 0.974 bits per heavy atom. The molecular weight excluding hydrogens is 923 g/mol. The van der Waals surface area contributed by atoms with Crippen molar-refractivity contribution in [3.63, 3.8) is 0 Å². The second kappa shape index (κ2) is 20.0. The van der Waals surface area contributed by atoms with Gasteiger partial charge in [-0.1, -0.05) is 202 Å². The number of phenolic OH excluding ortho intramolecular Hbond substituents is 1. The molecule has 11 rings (SSSR count). The first kappa shape index (κ1) is 47.9. The fraction of sp³-hybridized carbons (Fsp3) is 0.250. The summed E-state index contributed by atoms with van der Waals surface area (Å²) in [6.45, 7) is 20.2. The number of hydrogen-bond donors (Lipinski definition) is 1. The quantitative estimate of drug-likeness (QED) is 0.157. The zero-order valence-electron chi connectivity index (χ0n) is 47.7. The summed E-state index contributed by atoms with van der Waals surface area (Å²) in [6.07, 6.45) is 4.52. The number of phenols is 1. The lowest BCUT2D eigenvalue weighted by Gasteiger charge is -2.29. The Balaban J connectivity index is 1.06. The number of hydrogen-bond acceptors (Lipinski definition) is 3. The lowest BCUT2D eigenvalue weighted by Crippen LogP contribution is -2.13. The molecule has 380 valence electrons. The first-order chi connectivity index (χ1) is 37.2. The van der Waals surface area contributed by atoms with Crippen LogP contribution in [-0.4, -0.2) is 19.6 Å². The van der Waals surface area contributed by atoms with Crippen LogP contribution in [0.3, 0.4) is 0 Å². The fourth-order valence-electron chi connectivity index (χ4n) is 11.0. The van der Waals surface area contributed by atoms with Gasteiger partial charge in [-0.05, 0) is 164 Å². The summed E-state index contributed by atoms with van der Waals surface area (Å²) in [6, 6.07) is 68.2. The summed E-state index contributed by atoms with van der Waals surface area (Å²) in [5.74, 6) is -0.539. The highest BCUT2D eigenvalue weighted by atomic mass is 16.3. The van der Waals surface area contributed by atoms with E-state index in [0.29, 0.717) is 37.1 Å². The molecule has 4 heteroatoms. The van der Waals surface area contributed by atoms with E-state index < -0.39 is 11.8 Å². The van der Waals surface area contributed by atoms with Gasteiger partial charge in [0.2, 0.25) is 0 Å². The maximum absolute atomic E-state index is 12.8. The van der Waals surface area contributed by atoms with E-state index in [9.17, 15) is 7.85 Å². The molecule has 0 unspecified atom stereocenters. The van der Waals surface area contributed by atoms with E-state index in [2.05, 4.69) is 225 Å². The third-order valence-electron chi connectivity index (χ3n) is 15.6. The standard InChI is InChI=1S/C72H71N3O/c1-70(2,3)57-36-37-65(61(44-57)52-22-15-11-16-23-52)75-66-27-19-26-60(67(66)74-69(75)63-46-59(72(7,8)9)45-62(68(63)76)53-24-17-12-18-25-53)55-40-56(42-58(41-55)71(4,5)6)64-43-54(38-39-73-64)51-34-32-50(33-35-51)49-30-28-48(29-31-49)47-20-13-10-14-21-47/h10-27,32-46,48-49,76H,28-31H2,1-9H3/i48D,49D.